The number of piperidine rings is 1. The normalized spacial score (nSPS) is 16.3. The zero-order valence-electron chi connectivity index (χ0n) is 14.7. The van der Waals surface area contributed by atoms with E-state index in [1.807, 2.05) is 6.20 Å². The van der Waals surface area contributed by atoms with Crippen LogP contribution in [0.2, 0.25) is 0 Å². The number of aromatic nitrogens is 3. The monoisotopic (exact) mass is 340 g/mol. The average molecular weight is 340 g/mol. The van der Waals surface area contributed by atoms with Gasteiger partial charge in [-0.25, -0.2) is 9.78 Å². The fourth-order valence-corrected chi connectivity index (χ4v) is 3.31. The summed E-state index contributed by atoms with van der Waals surface area (Å²) in [7, 11) is 0. The first-order valence-electron chi connectivity index (χ1n) is 8.76. The highest BCUT2D eigenvalue weighted by atomic mass is 16.4. The topological polar surface area (TPSA) is 79.2 Å². The van der Waals surface area contributed by atoms with Gasteiger partial charge in [0.15, 0.2) is 0 Å². The Morgan fingerprint density at radius 2 is 1.92 bits per heavy atom. The van der Waals surface area contributed by atoms with Crippen LogP contribution in [-0.2, 0) is 6.42 Å². The number of hydrogen-bond acceptors (Lipinski definition) is 5. The van der Waals surface area contributed by atoms with Crippen LogP contribution < -0.4 is 0 Å². The minimum absolute atomic E-state index is 0.158. The molecule has 3 rings (SSSR count). The third kappa shape index (κ3) is 4.39. The number of aromatic carboxylic acids is 1. The first-order valence-corrected chi connectivity index (χ1v) is 8.76. The lowest BCUT2D eigenvalue weighted by Crippen LogP contribution is -2.38. The zero-order chi connectivity index (χ0) is 17.8. The van der Waals surface area contributed by atoms with Crippen molar-refractivity contribution in [3.8, 4) is 11.3 Å². The summed E-state index contributed by atoms with van der Waals surface area (Å²) in [5.74, 6) is -0.363. The third-order valence-electron chi connectivity index (χ3n) is 4.84. The van der Waals surface area contributed by atoms with Gasteiger partial charge in [-0.3, -0.25) is 9.97 Å². The van der Waals surface area contributed by atoms with E-state index in [1.54, 1.807) is 18.5 Å². The van der Waals surface area contributed by atoms with Gasteiger partial charge in [-0.15, -0.1) is 0 Å². The fraction of sp³-hybridized carbons (Fsp3) is 0.474. The molecular formula is C19H24N4O2. The number of pyridine rings is 1. The highest BCUT2D eigenvalue weighted by Crippen LogP contribution is 2.23. The van der Waals surface area contributed by atoms with E-state index in [9.17, 15) is 4.79 Å². The maximum Gasteiger partial charge on any atom is 0.337 e. The molecule has 0 bridgehead atoms. The average Bonchev–Trinajstić information content (AvgIpc) is 2.62. The van der Waals surface area contributed by atoms with E-state index in [4.69, 9.17) is 5.11 Å². The van der Waals surface area contributed by atoms with Crippen molar-refractivity contribution in [1.29, 1.82) is 0 Å². The van der Waals surface area contributed by atoms with Crippen molar-refractivity contribution >= 4 is 5.97 Å². The lowest BCUT2D eigenvalue weighted by molar-refractivity contribution is 0.0696. The first-order chi connectivity index (χ1) is 12.0. The summed E-state index contributed by atoms with van der Waals surface area (Å²) in [6, 6.07) is 2.20. The second kappa shape index (κ2) is 7.70. The van der Waals surface area contributed by atoms with Gasteiger partial charge in [-0.05, 0) is 58.2 Å². The summed E-state index contributed by atoms with van der Waals surface area (Å²) in [4.78, 5) is 26.6. The van der Waals surface area contributed by atoms with E-state index in [0.717, 1.165) is 25.2 Å². The van der Waals surface area contributed by atoms with E-state index >= 15 is 0 Å². The van der Waals surface area contributed by atoms with Crippen molar-refractivity contribution in [3.05, 3.63) is 42.1 Å². The van der Waals surface area contributed by atoms with Crippen LogP contribution in [0.15, 0.2) is 30.9 Å². The van der Waals surface area contributed by atoms with Crippen molar-refractivity contribution < 1.29 is 9.90 Å². The summed E-state index contributed by atoms with van der Waals surface area (Å²) in [6.07, 6.45) is 9.71. The maximum absolute atomic E-state index is 11.1. The lowest BCUT2D eigenvalue weighted by atomic mass is 9.91. The summed E-state index contributed by atoms with van der Waals surface area (Å²) < 4.78 is 0. The van der Waals surface area contributed by atoms with Crippen LogP contribution in [0.5, 0.6) is 0 Å². The Morgan fingerprint density at radius 3 is 2.60 bits per heavy atom. The van der Waals surface area contributed by atoms with Crippen molar-refractivity contribution in [3.63, 3.8) is 0 Å². The van der Waals surface area contributed by atoms with E-state index in [2.05, 4.69) is 33.7 Å². The van der Waals surface area contributed by atoms with Crippen molar-refractivity contribution in [2.75, 3.05) is 13.1 Å². The van der Waals surface area contributed by atoms with E-state index in [1.165, 1.54) is 19.0 Å². The molecule has 0 amide bonds. The molecule has 1 N–H and O–H groups in total. The van der Waals surface area contributed by atoms with Crippen molar-refractivity contribution in [2.45, 2.75) is 39.2 Å². The van der Waals surface area contributed by atoms with E-state index in [0.29, 0.717) is 23.2 Å². The van der Waals surface area contributed by atoms with Gasteiger partial charge in [0.05, 0.1) is 23.1 Å². The fourth-order valence-electron chi connectivity index (χ4n) is 3.31. The highest BCUT2D eigenvalue weighted by Gasteiger charge is 2.21. The Kier molecular flexibility index (Phi) is 5.38. The summed E-state index contributed by atoms with van der Waals surface area (Å²) in [5.41, 5.74) is 2.48. The van der Waals surface area contributed by atoms with Gasteiger partial charge < -0.3 is 10.0 Å². The van der Waals surface area contributed by atoms with Gasteiger partial charge in [0.1, 0.15) is 0 Å². The molecule has 25 heavy (non-hydrogen) atoms. The minimum Gasteiger partial charge on any atom is -0.478 e. The second-order valence-electron chi connectivity index (χ2n) is 6.94. The Balaban J connectivity index is 1.70. The lowest BCUT2D eigenvalue weighted by Gasteiger charge is -2.34. The summed E-state index contributed by atoms with van der Waals surface area (Å²) >= 11 is 0. The number of carboxylic acids is 1. The van der Waals surface area contributed by atoms with Crippen LogP contribution in [-0.4, -0.2) is 50.1 Å². The number of rotatable bonds is 5. The number of likely N-dealkylation sites (tertiary alicyclic amines) is 1. The quantitative estimate of drug-likeness (QED) is 0.901. The minimum atomic E-state index is -0.990. The van der Waals surface area contributed by atoms with E-state index in [-0.39, 0.29) is 5.56 Å². The predicted octanol–water partition coefficient (Wildman–Crippen LogP) is 2.90. The van der Waals surface area contributed by atoms with Crippen LogP contribution in [0.1, 0.15) is 42.7 Å². The van der Waals surface area contributed by atoms with Crippen LogP contribution >= 0.6 is 0 Å². The van der Waals surface area contributed by atoms with Gasteiger partial charge >= 0.3 is 5.97 Å². The van der Waals surface area contributed by atoms with Gasteiger partial charge in [0.2, 0.25) is 0 Å². The largest absolute Gasteiger partial charge is 0.478 e. The van der Waals surface area contributed by atoms with Crippen LogP contribution in [0.3, 0.4) is 0 Å². The predicted molar refractivity (Wildman–Crippen MR) is 95.4 cm³/mol. The molecule has 2 aromatic rings. The molecule has 1 aliphatic heterocycles. The molecule has 0 atom stereocenters. The van der Waals surface area contributed by atoms with Crippen molar-refractivity contribution in [2.24, 2.45) is 5.92 Å². The molecule has 132 valence electrons. The number of carboxylic acid groups (broad SMARTS) is 1. The molecule has 3 heterocycles. The Labute approximate surface area is 148 Å². The number of hydrogen-bond donors (Lipinski definition) is 1. The third-order valence-corrected chi connectivity index (χ3v) is 4.84. The zero-order valence-corrected chi connectivity index (χ0v) is 14.7. The molecule has 1 saturated heterocycles. The first kappa shape index (κ1) is 17.5. The molecule has 0 saturated carbocycles. The summed E-state index contributed by atoms with van der Waals surface area (Å²) in [6.45, 7) is 6.77. The van der Waals surface area contributed by atoms with Crippen LogP contribution in [0, 0.1) is 5.92 Å². The molecule has 0 aliphatic carbocycles. The van der Waals surface area contributed by atoms with E-state index < -0.39 is 5.97 Å². The molecule has 0 aromatic carbocycles. The van der Waals surface area contributed by atoms with Crippen LogP contribution in [0.25, 0.3) is 11.3 Å². The SMILES string of the molecule is CC(C)N1CCC(Cc2cncc(-c3cncc(C(=O)O)c3)n2)CC1. The Morgan fingerprint density at radius 1 is 1.20 bits per heavy atom. The van der Waals surface area contributed by atoms with Gasteiger partial charge in [0.25, 0.3) is 0 Å². The van der Waals surface area contributed by atoms with Gasteiger partial charge in [-0.1, -0.05) is 0 Å². The standard InChI is InChI=1S/C19H24N4O2/c1-13(2)23-5-3-14(4-6-23)7-17-11-21-12-18(22-17)15-8-16(19(24)25)10-20-9-15/h8-14H,3-7H2,1-2H3,(H,24,25). The molecule has 0 spiro atoms. The number of nitrogens with zero attached hydrogens (tertiary/aromatic N) is 4. The van der Waals surface area contributed by atoms with Gasteiger partial charge in [-0.2, -0.15) is 0 Å². The molecule has 2 aromatic heterocycles. The molecule has 1 fully saturated rings. The Bertz CT molecular complexity index is 740. The second-order valence-corrected chi connectivity index (χ2v) is 6.94. The molecule has 6 heteroatoms. The molecule has 0 unspecified atom stereocenters. The highest BCUT2D eigenvalue weighted by molar-refractivity contribution is 5.88. The molecule has 1 aliphatic rings. The maximum atomic E-state index is 11.1. The molecule has 6 nitrogen and oxygen atoms in total. The van der Waals surface area contributed by atoms with Crippen LogP contribution in [0.4, 0.5) is 0 Å². The van der Waals surface area contributed by atoms with Crippen molar-refractivity contribution in [1.82, 2.24) is 19.9 Å². The molecule has 0 radical (unpaired) electrons. The molecular weight excluding hydrogens is 316 g/mol. The summed E-state index contributed by atoms with van der Waals surface area (Å²) in [5, 5.41) is 9.11. The number of carbonyl (C=O) groups is 1. The smallest absolute Gasteiger partial charge is 0.337 e. The van der Waals surface area contributed by atoms with Gasteiger partial charge in [0, 0.05) is 30.2 Å². The Hall–Kier alpha value is -2.34.